The lowest BCUT2D eigenvalue weighted by molar-refractivity contribution is -0.0751. The summed E-state index contributed by atoms with van der Waals surface area (Å²) in [6, 6.07) is -0.572. The fraction of sp³-hybridized carbons (Fsp3) is 0.800. The molecule has 2 rings (SSSR count). The van der Waals surface area contributed by atoms with Gasteiger partial charge in [0.25, 0.3) is 0 Å². The van der Waals surface area contributed by atoms with Gasteiger partial charge in [-0.1, -0.05) is 5.16 Å². The molecule has 1 atom stereocenters. The number of methoxy groups -OCH3 is 1. The van der Waals surface area contributed by atoms with E-state index in [0.717, 1.165) is 12.8 Å². The number of nitrogens with zero attached hydrogens (tertiary/aromatic N) is 2. The maximum absolute atomic E-state index is 8.86. The van der Waals surface area contributed by atoms with Crippen LogP contribution in [0.3, 0.4) is 0 Å². The fourth-order valence-corrected chi connectivity index (χ4v) is 1.87. The number of nitrogens with two attached hydrogens (primary N) is 1. The Morgan fingerprint density at radius 1 is 1.62 bits per heavy atom. The molecule has 1 fully saturated rings. The van der Waals surface area contributed by atoms with Crippen molar-refractivity contribution in [2.45, 2.75) is 37.3 Å². The van der Waals surface area contributed by atoms with Crippen molar-refractivity contribution in [1.82, 2.24) is 10.1 Å². The van der Waals surface area contributed by atoms with Crippen LogP contribution in [-0.2, 0) is 11.2 Å². The molecule has 1 unspecified atom stereocenters. The zero-order chi connectivity index (χ0) is 11.6. The number of hydrogen-bond donors (Lipinski definition) is 2. The third kappa shape index (κ3) is 2.09. The third-order valence-corrected chi connectivity index (χ3v) is 3.18. The number of ether oxygens (including phenoxy) is 1. The van der Waals surface area contributed by atoms with Crippen molar-refractivity contribution >= 4 is 0 Å². The van der Waals surface area contributed by atoms with Gasteiger partial charge in [0.05, 0.1) is 24.7 Å². The lowest BCUT2D eigenvalue weighted by Crippen LogP contribution is -2.41. The smallest absolute Gasteiger partial charge is 0.229 e. The van der Waals surface area contributed by atoms with Crippen molar-refractivity contribution in [1.29, 1.82) is 0 Å². The standard InChI is InChI=1S/C10H17N3O3/c1-15-10(3-2-4-10)5-8-12-9(13-16-8)7(11)6-14/h7,14H,2-6,11H2,1H3. The predicted octanol–water partition coefficient (Wildman–Crippen LogP) is 0.173. The van der Waals surface area contributed by atoms with Crippen molar-refractivity contribution in [3.05, 3.63) is 11.7 Å². The SMILES string of the molecule is COC1(Cc2nc(C(N)CO)no2)CCC1. The Balaban J connectivity index is 2.02. The zero-order valence-electron chi connectivity index (χ0n) is 9.35. The summed E-state index contributed by atoms with van der Waals surface area (Å²) in [6.45, 7) is -0.186. The number of rotatable bonds is 5. The van der Waals surface area contributed by atoms with Crippen LogP contribution in [-0.4, -0.2) is 34.6 Å². The van der Waals surface area contributed by atoms with E-state index >= 15 is 0 Å². The van der Waals surface area contributed by atoms with Crippen LogP contribution in [0, 0.1) is 0 Å². The van der Waals surface area contributed by atoms with E-state index in [1.54, 1.807) is 7.11 Å². The van der Waals surface area contributed by atoms with E-state index < -0.39 is 6.04 Å². The van der Waals surface area contributed by atoms with Gasteiger partial charge in [-0.15, -0.1) is 0 Å². The summed E-state index contributed by atoms with van der Waals surface area (Å²) in [5, 5.41) is 12.6. The largest absolute Gasteiger partial charge is 0.394 e. The molecule has 1 aliphatic rings. The number of aromatic nitrogens is 2. The number of hydrogen-bond acceptors (Lipinski definition) is 6. The lowest BCUT2D eigenvalue weighted by atomic mass is 9.77. The minimum absolute atomic E-state index is 0.132. The van der Waals surface area contributed by atoms with E-state index in [-0.39, 0.29) is 12.2 Å². The van der Waals surface area contributed by atoms with Gasteiger partial charge < -0.3 is 20.1 Å². The van der Waals surface area contributed by atoms with Crippen molar-refractivity contribution < 1.29 is 14.4 Å². The Morgan fingerprint density at radius 3 is 2.88 bits per heavy atom. The van der Waals surface area contributed by atoms with Crippen LogP contribution in [0.15, 0.2) is 4.52 Å². The molecule has 1 aromatic rings. The molecule has 1 aliphatic carbocycles. The van der Waals surface area contributed by atoms with Crippen LogP contribution in [0.1, 0.15) is 37.0 Å². The summed E-state index contributed by atoms with van der Waals surface area (Å²) in [4.78, 5) is 4.15. The molecular weight excluding hydrogens is 210 g/mol. The second kappa shape index (κ2) is 4.48. The van der Waals surface area contributed by atoms with Crippen molar-refractivity contribution in [3.8, 4) is 0 Å². The van der Waals surface area contributed by atoms with Crippen molar-refractivity contribution in [3.63, 3.8) is 0 Å². The summed E-state index contributed by atoms with van der Waals surface area (Å²) < 4.78 is 10.6. The zero-order valence-corrected chi connectivity index (χ0v) is 9.35. The third-order valence-electron chi connectivity index (χ3n) is 3.18. The van der Waals surface area contributed by atoms with E-state index in [4.69, 9.17) is 20.1 Å². The summed E-state index contributed by atoms with van der Waals surface area (Å²) in [6.07, 6.45) is 3.83. The second-order valence-corrected chi connectivity index (χ2v) is 4.25. The van der Waals surface area contributed by atoms with Gasteiger partial charge in [0.1, 0.15) is 0 Å². The Bertz CT molecular complexity index is 343. The molecule has 0 bridgehead atoms. The molecule has 6 nitrogen and oxygen atoms in total. The molecule has 0 saturated heterocycles. The van der Waals surface area contributed by atoms with Crippen LogP contribution in [0.4, 0.5) is 0 Å². The molecule has 0 spiro atoms. The molecule has 3 N–H and O–H groups in total. The van der Waals surface area contributed by atoms with E-state index in [9.17, 15) is 0 Å². The molecule has 0 radical (unpaired) electrons. The first-order valence-electron chi connectivity index (χ1n) is 5.43. The molecule has 1 heterocycles. The maximum Gasteiger partial charge on any atom is 0.229 e. The normalized spacial score (nSPS) is 20.4. The van der Waals surface area contributed by atoms with Crippen LogP contribution >= 0.6 is 0 Å². The first-order chi connectivity index (χ1) is 7.69. The fourth-order valence-electron chi connectivity index (χ4n) is 1.87. The number of aliphatic hydroxyl groups is 1. The topological polar surface area (TPSA) is 94.4 Å². The molecule has 0 aromatic carbocycles. The Morgan fingerprint density at radius 2 is 2.38 bits per heavy atom. The van der Waals surface area contributed by atoms with Crippen LogP contribution < -0.4 is 5.73 Å². The van der Waals surface area contributed by atoms with Gasteiger partial charge in [-0.3, -0.25) is 0 Å². The molecule has 16 heavy (non-hydrogen) atoms. The molecule has 6 heteroatoms. The monoisotopic (exact) mass is 227 g/mol. The second-order valence-electron chi connectivity index (χ2n) is 4.25. The predicted molar refractivity (Wildman–Crippen MR) is 55.6 cm³/mol. The highest BCUT2D eigenvalue weighted by Gasteiger charge is 2.39. The van der Waals surface area contributed by atoms with Crippen molar-refractivity contribution in [2.24, 2.45) is 5.73 Å². The van der Waals surface area contributed by atoms with E-state index in [1.807, 2.05) is 0 Å². The van der Waals surface area contributed by atoms with Gasteiger partial charge in [-0.2, -0.15) is 4.98 Å². The molecule has 1 saturated carbocycles. The van der Waals surface area contributed by atoms with Gasteiger partial charge >= 0.3 is 0 Å². The summed E-state index contributed by atoms with van der Waals surface area (Å²) in [5.74, 6) is 0.878. The van der Waals surface area contributed by atoms with Crippen LogP contribution in [0.2, 0.25) is 0 Å². The van der Waals surface area contributed by atoms with Gasteiger partial charge in [-0.25, -0.2) is 0 Å². The number of aliphatic hydroxyl groups excluding tert-OH is 1. The van der Waals surface area contributed by atoms with Crippen LogP contribution in [0.25, 0.3) is 0 Å². The average Bonchev–Trinajstić information content (AvgIpc) is 2.70. The Hall–Kier alpha value is -0.980. The molecule has 90 valence electrons. The molecule has 0 aliphatic heterocycles. The summed E-state index contributed by atoms with van der Waals surface area (Å²) >= 11 is 0. The Kier molecular flexibility index (Phi) is 3.22. The first-order valence-corrected chi connectivity index (χ1v) is 5.43. The van der Waals surface area contributed by atoms with Gasteiger partial charge in [0, 0.05) is 7.11 Å². The average molecular weight is 227 g/mol. The van der Waals surface area contributed by atoms with Crippen LogP contribution in [0.5, 0.6) is 0 Å². The van der Waals surface area contributed by atoms with Gasteiger partial charge in [-0.05, 0) is 19.3 Å². The van der Waals surface area contributed by atoms with Crippen molar-refractivity contribution in [2.75, 3.05) is 13.7 Å². The highest BCUT2D eigenvalue weighted by Crippen LogP contribution is 2.37. The summed E-state index contributed by atoms with van der Waals surface area (Å²) in [7, 11) is 1.70. The highest BCUT2D eigenvalue weighted by atomic mass is 16.5. The summed E-state index contributed by atoms with van der Waals surface area (Å²) in [5.41, 5.74) is 5.45. The minimum atomic E-state index is -0.572. The Labute approximate surface area is 93.8 Å². The molecular formula is C10H17N3O3. The molecule has 1 aromatic heterocycles. The van der Waals surface area contributed by atoms with E-state index in [2.05, 4.69) is 10.1 Å². The maximum atomic E-state index is 8.86. The first kappa shape index (κ1) is 11.5. The minimum Gasteiger partial charge on any atom is -0.394 e. The molecule has 0 amide bonds. The highest BCUT2D eigenvalue weighted by molar-refractivity contribution is 5.00. The van der Waals surface area contributed by atoms with Gasteiger partial charge in [0.15, 0.2) is 5.82 Å². The van der Waals surface area contributed by atoms with E-state index in [0.29, 0.717) is 18.1 Å². The van der Waals surface area contributed by atoms with Gasteiger partial charge in [0.2, 0.25) is 5.89 Å². The van der Waals surface area contributed by atoms with E-state index in [1.165, 1.54) is 6.42 Å². The quantitative estimate of drug-likeness (QED) is 0.744. The lowest BCUT2D eigenvalue weighted by Gasteiger charge is -2.39.